The van der Waals surface area contributed by atoms with Crippen LogP contribution in [0, 0.1) is 0 Å². The van der Waals surface area contributed by atoms with E-state index in [1.165, 1.54) is 0 Å². The second-order valence-corrected chi connectivity index (χ2v) is 6.16. The number of hydrogen-bond donors (Lipinski definition) is 1. The molecule has 0 bridgehead atoms. The third-order valence-corrected chi connectivity index (χ3v) is 4.24. The number of amides is 1. The number of rotatable bonds is 5. The molecule has 0 saturated carbocycles. The Kier molecular flexibility index (Phi) is 4.33. The smallest absolute Gasteiger partial charge is 0.287 e. The predicted molar refractivity (Wildman–Crippen MR) is 100 cm³/mol. The van der Waals surface area contributed by atoms with E-state index in [2.05, 4.69) is 15.4 Å². The highest BCUT2D eigenvalue weighted by Crippen LogP contribution is 2.28. The van der Waals surface area contributed by atoms with Gasteiger partial charge in [-0.05, 0) is 23.8 Å². The van der Waals surface area contributed by atoms with E-state index in [4.69, 9.17) is 9.15 Å². The number of benzene rings is 1. The number of hydrogen-bond acceptors (Lipinski definition) is 5. The third kappa shape index (κ3) is 3.39. The Bertz CT molecular complexity index is 1110. The first-order chi connectivity index (χ1) is 13.1. The van der Waals surface area contributed by atoms with Gasteiger partial charge in [0.25, 0.3) is 5.91 Å². The monoisotopic (exact) mass is 362 g/mol. The van der Waals surface area contributed by atoms with E-state index in [9.17, 15) is 4.79 Å². The number of aromatic nitrogens is 3. The molecular formula is C20H18N4O3. The molecule has 27 heavy (non-hydrogen) atoms. The zero-order chi connectivity index (χ0) is 18.8. The Morgan fingerprint density at radius 3 is 2.89 bits per heavy atom. The Hall–Kier alpha value is -3.61. The van der Waals surface area contributed by atoms with E-state index in [1.807, 2.05) is 31.4 Å². The van der Waals surface area contributed by atoms with Crippen LogP contribution in [0.4, 0.5) is 0 Å². The number of fused-ring (bicyclic) bond motifs is 1. The molecule has 0 unspecified atom stereocenters. The van der Waals surface area contributed by atoms with Gasteiger partial charge in [-0.3, -0.25) is 14.5 Å². The van der Waals surface area contributed by atoms with Crippen molar-refractivity contribution in [2.24, 2.45) is 7.05 Å². The maximum Gasteiger partial charge on any atom is 0.287 e. The molecule has 0 saturated heterocycles. The minimum Gasteiger partial charge on any atom is -0.493 e. The van der Waals surface area contributed by atoms with Gasteiger partial charge in [-0.1, -0.05) is 12.1 Å². The minimum absolute atomic E-state index is 0.242. The molecule has 7 nitrogen and oxygen atoms in total. The molecule has 7 heteroatoms. The largest absolute Gasteiger partial charge is 0.493 e. The lowest BCUT2D eigenvalue weighted by Crippen LogP contribution is -2.22. The Balaban J connectivity index is 1.50. The molecule has 0 atom stereocenters. The number of methoxy groups -OCH3 is 1. The molecule has 0 spiro atoms. The van der Waals surface area contributed by atoms with Crippen molar-refractivity contribution in [1.29, 1.82) is 0 Å². The standard InChI is InChI=1S/C20H18N4O3/c1-24-12-16(11-23-24)15-6-13(8-21-10-15)9-22-20(25)18-7-14-4-3-5-17(26-2)19(14)27-18/h3-8,10-12H,9H2,1-2H3,(H,22,25). The third-order valence-electron chi connectivity index (χ3n) is 4.24. The van der Waals surface area contributed by atoms with Crippen LogP contribution in [-0.2, 0) is 13.6 Å². The zero-order valence-electron chi connectivity index (χ0n) is 15.0. The molecule has 0 fully saturated rings. The predicted octanol–water partition coefficient (Wildman–Crippen LogP) is 3.17. The molecule has 1 aromatic carbocycles. The van der Waals surface area contributed by atoms with E-state index < -0.39 is 0 Å². The molecule has 4 rings (SSSR count). The van der Waals surface area contributed by atoms with Crippen molar-refractivity contribution in [2.75, 3.05) is 7.11 Å². The van der Waals surface area contributed by atoms with Crippen molar-refractivity contribution in [2.45, 2.75) is 6.54 Å². The summed E-state index contributed by atoms with van der Waals surface area (Å²) >= 11 is 0. The highest BCUT2D eigenvalue weighted by Gasteiger charge is 2.14. The lowest BCUT2D eigenvalue weighted by atomic mass is 10.1. The SMILES string of the molecule is COc1cccc2cc(C(=O)NCc3cncc(-c4cnn(C)c4)c3)oc12. The van der Waals surface area contributed by atoms with Crippen molar-refractivity contribution in [3.63, 3.8) is 0 Å². The summed E-state index contributed by atoms with van der Waals surface area (Å²) in [4.78, 5) is 16.7. The first-order valence-electron chi connectivity index (χ1n) is 8.42. The normalized spacial score (nSPS) is 10.9. The second kappa shape index (κ2) is 6.95. The number of aryl methyl sites for hydroxylation is 1. The van der Waals surface area contributed by atoms with Gasteiger partial charge in [0.05, 0.1) is 13.3 Å². The van der Waals surface area contributed by atoms with Crippen LogP contribution in [-0.4, -0.2) is 27.8 Å². The first kappa shape index (κ1) is 16.8. The number of nitrogens with zero attached hydrogens (tertiary/aromatic N) is 3. The first-order valence-corrected chi connectivity index (χ1v) is 8.42. The van der Waals surface area contributed by atoms with Crippen LogP contribution >= 0.6 is 0 Å². The van der Waals surface area contributed by atoms with Crippen LogP contribution in [0.5, 0.6) is 5.75 Å². The fourth-order valence-electron chi connectivity index (χ4n) is 2.89. The van der Waals surface area contributed by atoms with Crippen LogP contribution in [0.1, 0.15) is 16.1 Å². The molecule has 3 aromatic heterocycles. The molecular weight excluding hydrogens is 344 g/mol. The van der Waals surface area contributed by atoms with Gasteiger partial charge < -0.3 is 14.5 Å². The van der Waals surface area contributed by atoms with Crippen molar-refractivity contribution >= 4 is 16.9 Å². The molecule has 1 amide bonds. The summed E-state index contributed by atoms with van der Waals surface area (Å²) in [6, 6.07) is 9.21. The molecule has 0 aliphatic carbocycles. The lowest BCUT2D eigenvalue weighted by molar-refractivity contribution is 0.0925. The van der Waals surface area contributed by atoms with Gasteiger partial charge in [-0.15, -0.1) is 0 Å². The summed E-state index contributed by atoms with van der Waals surface area (Å²) in [5, 5.41) is 7.85. The van der Waals surface area contributed by atoms with Gasteiger partial charge in [0.2, 0.25) is 0 Å². The Labute approximate surface area is 155 Å². The number of nitrogens with one attached hydrogen (secondary N) is 1. The fourth-order valence-corrected chi connectivity index (χ4v) is 2.89. The Morgan fingerprint density at radius 1 is 1.22 bits per heavy atom. The van der Waals surface area contributed by atoms with Crippen LogP contribution < -0.4 is 10.1 Å². The van der Waals surface area contributed by atoms with Crippen molar-refractivity contribution in [3.8, 4) is 16.9 Å². The maximum atomic E-state index is 12.5. The van der Waals surface area contributed by atoms with E-state index in [0.717, 1.165) is 22.1 Å². The average Bonchev–Trinajstić information content (AvgIpc) is 3.32. The van der Waals surface area contributed by atoms with Gasteiger partial charge in [0, 0.05) is 48.7 Å². The van der Waals surface area contributed by atoms with E-state index in [0.29, 0.717) is 17.9 Å². The molecule has 1 N–H and O–H groups in total. The van der Waals surface area contributed by atoms with Crippen LogP contribution in [0.15, 0.2) is 59.5 Å². The van der Waals surface area contributed by atoms with Gasteiger partial charge in [-0.2, -0.15) is 5.10 Å². The van der Waals surface area contributed by atoms with Gasteiger partial charge in [0.15, 0.2) is 17.1 Å². The number of pyridine rings is 1. The van der Waals surface area contributed by atoms with Crippen LogP contribution in [0.25, 0.3) is 22.1 Å². The van der Waals surface area contributed by atoms with E-state index >= 15 is 0 Å². The van der Waals surface area contributed by atoms with Crippen LogP contribution in [0.2, 0.25) is 0 Å². The number of para-hydroxylation sites is 1. The summed E-state index contributed by atoms with van der Waals surface area (Å²) in [5.41, 5.74) is 3.37. The summed E-state index contributed by atoms with van der Waals surface area (Å²) < 4.78 is 12.7. The average molecular weight is 362 g/mol. The molecule has 4 aromatic rings. The van der Waals surface area contributed by atoms with Crippen molar-refractivity contribution in [3.05, 3.63) is 66.4 Å². The number of carbonyl (C=O) groups is 1. The zero-order valence-corrected chi connectivity index (χ0v) is 15.0. The topological polar surface area (TPSA) is 82.2 Å². The molecule has 136 valence electrons. The Morgan fingerprint density at radius 2 is 2.11 bits per heavy atom. The van der Waals surface area contributed by atoms with Gasteiger partial charge in [0.1, 0.15) is 0 Å². The number of furan rings is 1. The lowest BCUT2D eigenvalue weighted by Gasteiger charge is -2.05. The molecule has 0 radical (unpaired) electrons. The maximum absolute atomic E-state index is 12.5. The van der Waals surface area contributed by atoms with Gasteiger partial charge >= 0.3 is 0 Å². The molecule has 0 aliphatic heterocycles. The van der Waals surface area contributed by atoms with E-state index in [-0.39, 0.29) is 11.7 Å². The summed E-state index contributed by atoms with van der Waals surface area (Å²) in [6.07, 6.45) is 7.19. The second-order valence-electron chi connectivity index (χ2n) is 6.16. The number of ether oxygens (including phenoxy) is 1. The molecule has 3 heterocycles. The van der Waals surface area contributed by atoms with E-state index in [1.54, 1.807) is 42.5 Å². The number of carbonyl (C=O) groups excluding carboxylic acids is 1. The quantitative estimate of drug-likeness (QED) is 0.590. The highest BCUT2D eigenvalue weighted by atomic mass is 16.5. The highest BCUT2D eigenvalue weighted by molar-refractivity contribution is 5.97. The van der Waals surface area contributed by atoms with Crippen molar-refractivity contribution < 1.29 is 13.9 Å². The summed E-state index contributed by atoms with van der Waals surface area (Å²) in [6.45, 7) is 0.341. The summed E-state index contributed by atoms with van der Waals surface area (Å²) in [7, 11) is 3.43. The summed E-state index contributed by atoms with van der Waals surface area (Å²) in [5.74, 6) is 0.547. The van der Waals surface area contributed by atoms with Crippen molar-refractivity contribution in [1.82, 2.24) is 20.1 Å². The fraction of sp³-hybridized carbons (Fsp3) is 0.150. The minimum atomic E-state index is -0.292. The van der Waals surface area contributed by atoms with Crippen LogP contribution in [0.3, 0.4) is 0 Å². The van der Waals surface area contributed by atoms with Gasteiger partial charge in [-0.25, -0.2) is 0 Å². The molecule has 0 aliphatic rings.